The average molecular weight is 365 g/mol. The summed E-state index contributed by atoms with van der Waals surface area (Å²) in [6.45, 7) is 1.84. The average Bonchev–Trinajstić information content (AvgIpc) is 2.91. The lowest BCUT2D eigenvalue weighted by Crippen LogP contribution is -1.94. The molecule has 0 saturated heterocycles. The Kier molecular flexibility index (Phi) is 4.63. The van der Waals surface area contributed by atoms with Crippen LogP contribution in [0.4, 0.5) is 0 Å². The molecule has 1 aromatic carbocycles. The molecule has 2 heterocycles. The van der Waals surface area contributed by atoms with Crippen molar-refractivity contribution in [3.8, 4) is 11.3 Å². The van der Waals surface area contributed by atoms with E-state index < -0.39 is 21.4 Å². The van der Waals surface area contributed by atoms with E-state index in [1.165, 1.54) is 0 Å². The second kappa shape index (κ2) is 6.70. The van der Waals surface area contributed by atoms with Gasteiger partial charge >= 0.3 is 0 Å². The summed E-state index contributed by atoms with van der Waals surface area (Å²) in [5.74, 6) is -0.172. The van der Waals surface area contributed by atoms with Gasteiger partial charge in [0.25, 0.3) is 0 Å². The molecule has 0 saturated carbocycles. The SMILES string of the molecule is Cc1cc(-c2nccc3[nH]nc(C[SH](=O)=O)c23)ccc1C[SH](=O)=O. The third-order valence-corrected chi connectivity index (χ3v) is 4.90. The lowest BCUT2D eigenvalue weighted by Gasteiger charge is -2.08. The Hall–Kier alpha value is -2.26. The van der Waals surface area contributed by atoms with Crippen molar-refractivity contribution in [1.29, 1.82) is 0 Å². The van der Waals surface area contributed by atoms with Crippen molar-refractivity contribution in [2.45, 2.75) is 18.4 Å². The number of fused-ring (bicyclic) bond motifs is 1. The zero-order valence-corrected chi connectivity index (χ0v) is 14.5. The minimum absolute atomic E-state index is 0.00725. The molecule has 0 amide bonds. The number of aromatic nitrogens is 3. The molecule has 0 aliphatic carbocycles. The van der Waals surface area contributed by atoms with Crippen molar-refractivity contribution in [2.75, 3.05) is 0 Å². The fourth-order valence-corrected chi connectivity index (χ4v) is 3.75. The number of nitrogens with one attached hydrogen (secondary N) is 1. The van der Waals surface area contributed by atoms with Crippen LogP contribution in [0.5, 0.6) is 0 Å². The van der Waals surface area contributed by atoms with Crippen LogP contribution in [0.2, 0.25) is 0 Å². The van der Waals surface area contributed by atoms with E-state index in [1.54, 1.807) is 24.4 Å². The molecule has 0 atom stereocenters. The number of rotatable bonds is 5. The normalized spacial score (nSPS) is 11.6. The van der Waals surface area contributed by atoms with E-state index in [0.29, 0.717) is 22.3 Å². The van der Waals surface area contributed by atoms with Gasteiger partial charge in [0.05, 0.1) is 33.8 Å². The van der Waals surface area contributed by atoms with E-state index in [4.69, 9.17) is 0 Å². The summed E-state index contributed by atoms with van der Waals surface area (Å²) in [6.07, 6.45) is 1.62. The van der Waals surface area contributed by atoms with Crippen LogP contribution in [0, 0.1) is 6.92 Å². The van der Waals surface area contributed by atoms with Crippen molar-refractivity contribution in [1.82, 2.24) is 15.2 Å². The molecule has 0 spiro atoms. The molecule has 0 unspecified atom stereocenters. The predicted octanol–water partition coefficient (Wildman–Crippen LogP) is 1.16. The van der Waals surface area contributed by atoms with Crippen LogP contribution in [0.25, 0.3) is 22.2 Å². The summed E-state index contributed by atoms with van der Waals surface area (Å²) in [4.78, 5) is 4.37. The van der Waals surface area contributed by atoms with Crippen LogP contribution in [-0.2, 0) is 32.9 Å². The summed E-state index contributed by atoms with van der Waals surface area (Å²) in [7, 11) is -5.10. The molecule has 7 nitrogen and oxygen atoms in total. The number of hydrogen-bond acceptors (Lipinski definition) is 6. The number of nitrogens with zero attached hydrogens (tertiary/aromatic N) is 2. The van der Waals surface area contributed by atoms with Crippen molar-refractivity contribution >= 4 is 32.3 Å². The van der Waals surface area contributed by atoms with Crippen molar-refractivity contribution in [2.24, 2.45) is 0 Å². The highest BCUT2D eigenvalue weighted by Gasteiger charge is 2.14. The summed E-state index contributed by atoms with van der Waals surface area (Å²) >= 11 is 0. The number of H-pyrrole nitrogens is 1. The lowest BCUT2D eigenvalue weighted by molar-refractivity contribution is 0.612. The third kappa shape index (κ3) is 3.31. The first kappa shape index (κ1) is 16.6. The lowest BCUT2D eigenvalue weighted by atomic mass is 10.0. The summed E-state index contributed by atoms with van der Waals surface area (Å²) < 4.78 is 44.0. The molecule has 1 N–H and O–H groups in total. The van der Waals surface area contributed by atoms with Crippen LogP contribution in [0.15, 0.2) is 30.5 Å². The molecule has 0 radical (unpaired) electrons. The molecule has 2 aromatic heterocycles. The van der Waals surface area contributed by atoms with Gasteiger partial charge in [-0.25, -0.2) is 16.8 Å². The molecule has 0 aliphatic heterocycles. The Labute approximate surface area is 141 Å². The van der Waals surface area contributed by atoms with Gasteiger partial charge in [-0.2, -0.15) is 5.10 Å². The number of hydrogen-bond donors (Lipinski definition) is 3. The third-order valence-electron chi connectivity index (χ3n) is 3.75. The highest BCUT2D eigenvalue weighted by molar-refractivity contribution is 7.71. The van der Waals surface area contributed by atoms with E-state index >= 15 is 0 Å². The minimum atomic E-state index is -2.60. The molecule has 0 bridgehead atoms. The highest BCUT2D eigenvalue weighted by atomic mass is 32.2. The standard InChI is InChI=1S/C15H15N3O4S2/c1-9-6-10(2-3-11(9)7-23(19)20)15-14-12(4-5-16-15)17-18-13(14)8-24(21)22/h2-6,23-24H,7-8H2,1H3,(H,17,18). The minimum Gasteiger partial charge on any atom is -0.277 e. The summed E-state index contributed by atoms with van der Waals surface area (Å²) in [5, 5.41) is 7.56. The van der Waals surface area contributed by atoms with Crippen molar-refractivity contribution < 1.29 is 16.8 Å². The van der Waals surface area contributed by atoms with E-state index in [1.807, 2.05) is 13.0 Å². The van der Waals surface area contributed by atoms with Crippen LogP contribution in [0.1, 0.15) is 16.8 Å². The maximum atomic E-state index is 11.1. The van der Waals surface area contributed by atoms with Crippen LogP contribution >= 0.6 is 0 Å². The van der Waals surface area contributed by atoms with Crippen molar-refractivity contribution in [3.05, 3.63) is 47.3 Å². The van der Waals surface area contributed by atoms with Gasteiger partial charge in [0.1, 0.15) is 21.4 Å². The van der Waals surface area contributed by atoms with Gasteiger partial charge in [-0.15, -0.1) is 0 Å². The van der Waals surface area contributed by atoms with Gasteiger partial charge in [-0.1, -0.05) is 12.1 Å². The Bertz CT molecular complexity index is 1050. The number of pyridine rings is 1. The second-order valence-corrected chi connectivity index (χ2v) is 7.34. The second-order valence-electron chi connectivity index (χ2n) is 5.38. The number of thiol groups is 2. The Balaban J connectivity index is 2.15. The fraction of sp³-hybridized carbons (Fsp3) is 0.200. The number of benzene rings is 1. The highest BCUT2D eigenvalue weighted by Crippen LogP contribution is 2.29. The molecule has 126 valence electrons. The Morgan fingerprint density at radius 3 is 2.46 bits per heavy atom. The van der Waals surface area contributed by atoms with Crippen molar-refractivity contribution in [3.63, 3.8) is 0 Å². The molecule has 3 aromatic rings. The Morgan fingerprint density at radius 2 is 1.79 bits per heavy atom. The van der Waals surface area contributed by atoms with E-state index in [-0.39, 0.29) is 11.5 Å². The molecule has 24 heavy (non-hydrogen) atoms. The summed E-state index contributed by atoms with van der Waals surface area (Å²) in [5.41, 5.74) is 4.10. The van der Waals surface area contributed by atoms with E-state index in [2.05, 4.69) is 15.2 Å². The Morgan fingerprint density at radius 1 is 1.04 bits per heavy atom. The maximum Gasteiger partial charge on any atom is 0.145 e. The molecule has 0 aliphatic rings. The van der Waals surface area contributed by atoms with Crippen LogP contribution < -0.4 is 0 Å². The largest absolute Gasteiger partial charge is 0.277 e. The molecular formula is C15H15N3O4S2. The van der Waals surface area contributed by atoms with Gasteiger partial charge in [0, 0.05) is 11.8 Å². The first-order valence-electron chi connectivity index (χ1n) is 7.11. The molecular weight excluding hydrogens is 350 g/mol. The van der Waals surface area contributed by atoms with Crippen LogP contribution in [0.3, 0.4) is 0 Å². The topological polar surface area (TPSA) is 110 Å². The maximum absolute atomic E-state index is 11.1. The fourth-order valence-electron chi connectivity index (χ4n) is 2.65. The van der Waals surface area contributed by atoms with Gasteiger partial charge in [0.2, 0.25) is 0 Å². The number of aryl methyl sites for hydroxylation is 1. The predicted molar refractivity (Wildman–Crippen MR) is 92.1 cm³/mol. The van der Waals surface area contributed by atoms with Gasteiger partial charge in [-0.05, 0) is 30.2 Å². The zero-order valence-electron chi connectivity index (χ0n) is 12.7. The van der Waals surface area contributed by atoms with Gasteiger partial charge < -0.3 is 0 Å². The smallest absolute Gasteiger partial charge is 0.145 e. The quantitative estimate of drug-likeness (QED) is 0.585. The first-order valence-corrected chi connectivity index (χ1v) is 9.83. The molecule has 0 fully saturated rings. The summed E-state index contributed by atoms with van der Waals surface area (Å²) in [6, 6.07) is 7.13. The molecule has 3 rings (SSSR count). The first-order chi connectivity index (χ1) is 11.5. The van der Waals surface area contributed by atoms with Crippen LogP contribution in [-0.4, -0.2) is 32.0 Å². The van der Waals surface area contributed by atoms with E-state index in [9.17, 15) is 16.8 Å². The van der Waals surface area contributed by atoms with Gasteiger partial charge in [-0.3, -0.25) is 10.1 Å². The zero-order chi connectivity index (χ0) is 17.3. The number of aromatic amines is 1. The van der Waals surface area contributed by atoms with Gasteiger partial charge in [0.15, 0.2) is 0 Å². The monoisotopic (exact) mass is 365 g/mol. The molecule has 9 heteroatoms. The van der Waals surface area contributed by atoms with E-state index in [0.717, 1.165) is 16.7 Å².